The quantitative estimate of drug-likeness (QED) is 0.292. The molecule has 0 atom stereocenters. The summed E-state index contributed by atoms with van der Waals surface area (Å²) in [6, 6.07) is 13.5. The Hall–Kier alpha value is -4.22. The maximum Gasteiger partial charge on any atom is 0.230 e. The number of H-pyrrole nitrogens is 1. The van der Waals surface area contributed by atoms with Crippen LogP contribution >= 0.6 is 0 Å². The average molecular weight is 532 g/mol. The molecule has 1 amide bonds. The van der Waals surface area contributed by atoms with E-state index in [9.17, 15) is 9.18 Å². The molecular formula is C28H30FN7O3. The lowest BCUT2D eigenvalue weighted by Crippen LogP contribution is -2.48. The highest BCUT2D eigenvalue weighted by atomic mass is 19.1. The van der Waals surface area contributed by atoms with Crippen LogP contribution in [0.4, 0.5) is 10.3 Å². The van der Waals surface area contributed by atoms with Gasteiger partial charge in [0.15, 0.2) is 5.82 Å². The molecule has 0 unspecified atom stereocenters. The number of ether oxygens (including phenoxy) is 2. The number of carbonyl (C=O) groups is 1. The minimum absolute atomic E-state index is 0.110. The molecule has 1 fully saturated rings. The zero-order valence-electron chi connectivity index (χ0n) is 21.8. The number of hydrogen-bond donors (Lipinski definition) is 3. The van der Waals surface area contributed by atoms with E-state index >= 15 is 0 Å². The molecule has 0 aliphatic carbocycles. The van der Waals surface area contributed by atoms with Crippen LogP contribution in [0.5, 0.6) is 0 Å². The molecule has 4 heterocycles. The smallest absolute Gasteiger partial charge is 0.230 e. The second-order valence-corrected chi connectivity index (χ2v) is 9.56. The topological polar surface area (TPSA) is 127 Å². The fraction of sp³-hybridized carbons (Fsp3) is 0.321. The number of benzene rings is 1. The van der Waals surface area contributed by atoms with Gasteiger partial charge in [0.05, 0.1) is 47.9 Å². The molecule has 0 spiro atoms. The van der Waals surface area contributed by atoms with E-state index in [1.54, 1.807) is 30.6 Å². The highest BCUT2D eigenvalue weighted by Gasteiger charge is 2.40. The van der Waals surface area contributed by atoms with Crippen LogP contribution in [-0.4, -0.2) is 50.6 Å². The van der Waals surface area contributed by atoms with E-state index in [1.807, 2.05) is 32.0 Å². The van der Waals surface area contributed by atoms with Gasteiger partial charge in [-0.1, -0.05) is 13.0 Å². The van der Waals surface area contributed by atoms with E-state index in [0.29, 0.717) is 47.5 Å². The largest absolute Gasteiger partial charge is 0.355 e. The molecule has 1 aliphatic rings. The van der Waals surface area contributed by atoms with Crippen molar-refractivity contribution in [2.75, 3.05) is 25.1 Å². The second kappa shape index (κ2) is 11.7. The monoisotopic (exact) mass is 531 g/mol. The van der Waals surface area contributed by atoms with Crippen molar-refractivity contribution in [1.82, 2.24) is 30.2 Å². The van der Waals surface area contributed by atoms with E-state index < -0.39 is 11.7 Å². The number of nitrogens with zero attached hydrogens (tertiary/aromatic N) is 4. The van der Waals surface area contributed by atoms with Crippen LogP contribution in [-0.2, 0) is 20.8 Å². The van der Waals surface area contributed by atoms with Crippen molar-refractivity contribution in [1.29, 1.82) is 0 Å². The van der Waals surface area contributed by atoms with Crippen LogP contribution in [0.2, 0.25) is 0 Å². The molecule has 1 aliphatic heterocycles. The lowest BCUT2D eigenvalue weighted by molar-refractivity contribution is -0.231. The average Bonchev–Trinajstić information content (AvgIpc) is 3.42. The number of aromatic nitrogens is 5. The van der Waals surface area contributed by atoms with E-state index in [-0.39, 0.29) is 24.9 Å². The van der Waals surface area contributed by atoms with Gasteiger partial charge in [-0.3, -0.25) is 9.78 Å². The highest BCUT2D eigenvalue weighted by Crippen LogP contribution is 2.35. The fourth-order valence-electron chi connectivity index (χ4n) is 4.11. The number of amides is 1. The zero-order valence-corrected chi connectivity index (χ0v) is 21.8. The minimum atomic E-state index is -0.811. The number of nitrogens with one attached hydrogen (secondary N) is 3. The Morgan fingerprint density at radius 1 is 1.08 bits per heavy atom. The van der Waals surface area contributed by atoms with Gasteiger partial charge in [-0.2, -0.15) is 0 Å². The van der Waals surface area contributed by atoms with E-state index in [2.05, 4.69) is 30.6 Å². The van der Waals surface area contributed by atoms with Crippen molar-refractivity contribution >= 4 is 11.9 Å². The van der Waals surface area contributed by atoms with Crippen molar-refractivity contribution in [2.45, 2.75) is 33.1 Å². The first kappa shape index (κ1) is 26.4. The SMILES string of the molecule is CCCNC(=O)C1(C)COC(c2nc(-c3ccc(F)cc3)c(-c3ccnc(NCc4ccccn4)n3)[nH]2)OC1. The van der Waals surface area contributed by atoms with Crippen LogP contribution in [0.25, 0.3) is 22.6 Å². The van der Waals surface area contributed by atoms with Crippen molar-refractivity contribution in [3.63, 3.8) is 0 Å². The third-order valence-corrected chi connectivity index (χ3v) is 6.32. The third kappa shape index (κ3) is 6.10. The van der Waals surface area contributed by atoms with Gasteiger partial charge in [0, 0.05) is 24.5 Å². The third-order valence-electron chi connectivity index (χ3n) is 6.32. The van der Waals surface area contributed by atoms with E-state index in [4.69, 9.17) is 14.5 Å². The molecule has 10 nitrogen and oxygen atoms in total. The van der Waals surface area contributed by atoms with E-state index in [1.165, 1.54) is 12.1 Å². The molecule has 0 bridgehead atoms. The number of carbonyl (C=O) groups excluding carboxylic acids is 1. The molecule has 39 heavy (non-hydrogen) atoms. The summed E-state index contributed by atoms with van der Waals surface area (Å²) in [4.78, 5) is 33.9. The minimum Gasteiger partial charge on any atom is -0.355 e. The normalized spacial score (nSPS) is 19.0. The van der Waals surface area contributed by atoms with E-state index in [0.717, 1.165) is 12.1 Å². The number of imidazole rings is 1. The number of halogens is 1. The predicted octanol–water partition coefficient (Wildman–Crippen LogP) is 4.26. The van der Waals surface area contributed by atoms with Gasteiger partial charge in [0.1, 0.15) is 5.82 Å². The van der Waals surface area contributed by atoms with Gasteiger partial charge in [0.2, 0.25) is 18.1 Å². The maximum atomic E-state index is 13.7. The summed E-state index contributed by atoms with van der Waals surface area (Å²) in [5.41, 5.74) is 2.47. The number of pyridine rings is 1. The van der Waals surface area contributed by atoms with Gasteiger partial charge in [-0.05, 0) is 55.8 Å². The molecular weight excluding hydrogens is 501 g/mol. The van der Waals surface area contributed by atoms with Crippen molar-refractivity contribution < 1.29 is 18.7 Å². The number of anilines is 1. The van der Waals surface area contributed by atoms with Crippen LogP contribution in [0.1, 0.15) is 38.1 Å². The molecule has 0 radical (unpaired) electrons. The second-order valence-electron chi connectivity index (χ2n) is 9.56. The van der Waals surface area contributed by atoms with Gasteiger partial charge in [-0.25, -0.2) is 19.3 Å². The predicted molar refractivity (Wildman–Crippen MR) is 143 cm³/mol. The van der Waals surface area contributed by atoms with Crippen molar-refractivity contribution in [3.8, 4) is 22.6 Å². The fourth-order valence-corrected chi connectivity index (χ4v) is 4.11. The van der Waals surface area contributed by atoms with Gasteiger partial charge < -0.3 is 25.1 Å². The summed E-state index contributed by atoms with van der Waals surface area (Å²) >= 11 is 0. The van der Waals surface area contributed by atoms with Crippen LogP contribution in [0.15, 0.2) is 60.9 Å². The number of hydrogen-bond acceptors (Lipinski definition) is 8. The summed E-state index contributed by atoms with van der Waals surface area (Å²) < 4.78 is 25.6. The lowest BCUT2D eigenvalue weighted by Gasteiger charge is -2.35. The molecule has 1 aromatic carbocycles. The molecule has 11 heteroatoms. The standard InChI is InChI=1S/C28H30FN7O3/c1-3-12-31-26(37)28(2)16-38-25(39-17-28)24-35-22(18-7-9-19(29)10-8-18)23(36-24)21-11-14-32-27(34-21)33-15-20-6-4-5-13-30-20/h4-11,13-14,25H,3,12,15-17H2,1-2H3,(H,31,37)(H,35,36)(H,32,33,34). The first-order valence-electron chi connectivity index (χ1n) is 12.8. The van der Waals surface area contributed by atoms with Crippen LogP contribution in [0.3, 0.4) is 0 Å². The summed E-state index contributed by atoms with van der Waals surface area (Å²) in [5, 5.41) is 6.09. The zero-order chi connectivity index (χ0) is 27.2. The van der Waals surface area contributed by atoms with Crippen LogP contribution < -0.4 is 10.6 Å². The summed E-state index contributed by atoms with van der Waals surface area (Å²) in [6.07, 6.45) is 3.40. The Morgan fingerprint density at radius 2 is 1.87 bits per heavy atom. The highest BCUT2D eigenvalue weighted by molar-refractivity contribution is 5.82. The van der Waals surface area contributed by atoms with Crippen molar-refractivity contribution in [3.05, 3.63) is 78.3 Å². The molecule has 0 saturated carbocycles. The Bertz CT molecular complexity index is 1400. The van der Waals surface area contributed by atoms with Gasteiger partial charge in [-0.15, -0.1) is 0 Å². The lowest BCUT2D eigenvalue weighted by atomic mass is 9.91. The molecule has 3 aromatic heterocycles. The van der Waals surface area contributed by atoms with Gasteiger partial charge >= 0.3 is 0 Å². The number of aromatic amines is 1. The molecule has 4 aromatic rings. The maximum absolute atomic E-state index is 13.7. The summed E-state index contributed by atoms with van der Waals surface area (Å²) in [7, 11) is 0. The molecule has 5 rings (SSSR count). The first-order chi connectivity index (χ1) is 18.9. The Labute approximate surface area is 225 Å². The van der Waals surface area contributed by atoms with Gasteiger partial charge in [0.25, 0.3) is 0 Å². The summed E-state index contributed by atoms with van der Waals surface area (Å²) in [6.45, 7) is 5.20. The van der Waals surface area contributed by atoms with Crippen LogP contribution in [0, 0.1) is 11.2 Å². The Kier molecular flexibility index (Phi) is 7.89. The molecule has 202 valence electrons. The Morgan fingerprint density at radius 3 is 2.59 bits per heavy atom. The first-order valence-corrected chi connectivity index (χ1v) is 12.8. The summed E-state index contributed by atoms with van der Waals surface area (Å²) in [5.74, 6) is 0.376. The number of rotatable bonds is 9. The Balaban J connectivity index is 1.41. The molecule has 1 saturated heterocycles. The molecule has 3 N–H and O–H groups in total. The van der Waals surface area contributed by atoms with Crippen molar-refractivity contribution in [2.24, 2.45) is 5.41 Å².